The number of rotatable bonds is 5. The molecule has 0 radical (unpaired) electrons. The molecular formula is C20H23ClN2O4S. The summed E-state index contributed by atoms with van der Waals surface area (Å²) < 4.78 is 32.4. The highest BCUT2D eigenvalue weighted by Crippen LogP contribution is 2.27. The van der Waals surface area contributed by atoms with Gasteiger partial charge in [0.15, 0.2) is 0 Å². The summed E-state index contributed by atoms with van der Waals surface area (Å²) in [6.45, 7) is 2.43. The van der Waals surface area contributed by atoms with Gasteiger partial charge in [-0.3, -0.25) is 4.79 Å². The molecule has 0 aromatic heterocycles. The summed E-state index contributed by atoms with van der Waals surface area (Å²) in [5.41, 5.74) is 1.55. The van der Waals surface area contributed by atoms with Gasteiger partial charge >= 0.3 is 0 Å². The zero-order chi connectivity index (χ0) is 20.3. The molecule has 28 heavy (non-hydrogen) atoms. The van der Waals surface area contributed by atoms with Gasteiger partial charge < -0.3 is 10.1 Å². The van der Waals surface area contributed by atoms with Crippen molar-refractivity contribution >= 4 is 33.2 Å². The summed E-state index contributed by atoms with van der Waals surface area (Å²) in [4.78, 5) is 12.9. The number of aryl methyl sites for hydroxylation is 1. The van der Waals surface area contributed by atoms with E-state index >= 15 is 0 Å². The van der Waals surface area contributed by atoms with Gasteiger partial charge in [0.1, 0.15) is 5.75 Å². The van der Waals surface area contributed by atoms with E-state index < -0.39 is 15.9 Å². The number of hydrogen-bond donors (Lipinski definition) is 1. The van der Waals surface area contributed by atoms with Crippen LogP contribution in [-0.2, 0) is 14.8 Å². The number of benzene rings is 2. The normalized spacial score (nSPS) is 17.9. The minimum absolute atomic E-state index is 0.153. The Morgan fingerprint density at radius 1 is 1.21 bits per heavy atom. The third kappa shape index (κ3) is 4.48. The number of ether oxygens (including phenoxy) is 1. The predicted molar refractivity (Wildman–Crippen MR) is 109 cm³/mol. The van der Waals surface area contributed by atoms with Crippen molar-refractivity contribution in [1.82, 2.24) is 4.31 Å². The van der Waals surface area contributed by atoms with Crippen LogP contribution >= 0.6 is 11.6 Å². The van der Waals surface area contributed by atoms with Gasteiger partial charge in [-0.1, -0.05) is 17.7 Å². The zero-order valence-corrected chi connectivity index (χ0v) is 17.4. The number of carbonyl (C=O) groups is 1. The first-order valence-electron chi connectivity index (χ1n) is 9.02. The molecule has 2 aromatic rings. The highest BCUT2D eigenvalue weighted by molar-refractivity contribution is 7.89. The number of nitrogens with one attached hydrogen (secondary N) is 1. The van der Waals surface area contributed by atoms with Crippen LogP contribution in [-0.4, -0.2) is 38.8 Å². The summed E-state index contributed by atoms with van der Waals surface area (Å²) in [5.74, 6) is -0.0214. The van der Waals surface area contributed by atoms with Crippen molar-refractivity contribution in [2.24, 2.45) is 5.92 Å². The number of hydrogen-bond acceptors (Lipinski definition) is 4. The van der Waals surface area contributed by atoms with Crippen LogP contribution in [0.2, 0.25) is 5.02 Å². The molecule has 1 saturated heterocycles. The van der Waals surface area contributed by atoms with Gasteiger partial charge in [0.2, 0.25) is 15.9 Å². The van der Waals surface area contributed by atoms with Crippen molar-refractivity contribution in [1.29, 1.82) is 0 Å². The quantitative estimate of drug-likeness (QED) is 0.797. The SMILES string of the molecule is COc1ccc(S(=O)(=O)N2CCC[C@@H](C(=O)Nc3cc(Cl)ccc3C)C2)cc1. The van der Waals surface area contributed by atoms with E-state index in [2.05, 4.69) is 5.32 Å². The zero-order valence-electron chi connectivity index (χ0n) is 15.8. The Hall–Kier alpha value is -2.09. The molecule has 1 aliphatic heterocycles. The lowest BCUT2D eigenvalue weighted by atomic mass is 9.98. The molecule has 1 aliphatic rings. The minimum atomic E-state index is -3.66. The van der Waals surface area contributed by atoms with Gasteiger partial charge in [0.25, 0.3) is 0 Å². The second kappa shape index (κ2) is 8.51. The molecule has 0 aliphatic carbocycles. The molecule has 1 N–H and O–H groups in total. The molecule has 1 fully saturated rings. The van der Waals surface area contributed by atoms with E-state index in [1.54, 1.807) is 24.3 Å². The van der Waals surface area contributed by atoms with Crippen molar-refractivity contribution < 1.29 is 17.9 Å². The Morgan fingerprint density at radius 3 is 2.61 bits per heavy atom. The van der Waals surface area contributed by atoms with E-state index in [-0.39, 0.29) is 17.3 Å². The fourth-order valence-corrected chi connectivity index (χ4v) is 4.93. The number of sulfonamides is 1. The molecule has 0 unspecified atom stereocenters. The van der Waals surface area contributed by atoms with Gasteiger partial charge in [-0.05, 0) is 61.7 Å². The van der Waals surface area contributed by atoms with Gasteiger partial charge in [-0.25, -0.2) is 8.42 Å². The first kappa shape index (κ1) is 20.6. The van der Waals surface area contributed by atoms with Crippen molar-refractivity contribution in [3.05, 3.63) is 53.1 Å². The Balaban J connectivity index is 1.73. The second-order valence-electron chi connectivity index (χ2n) is 6.83. The molecule has 3 rings (SSSR count). The Kier molecular flexibility index (Phi) is 6.27. The van der Waals surface area contributed by atoms with E-state index in [9.17, 15) is 13.2 Å². The largest absolute Gasteiger partial charge is 0.497 e. The number of methoxy groups -OCH3 is 1. The Bertz CT molecular complexity index is 961. The fraction of sp³-hybridized carbons (Fsp3) is 0.350. The lowest BCUT2D eigenvalue weighted by Gasteiger charge is -2.31. The smallest absolute Gasteiger partial charge is 0.243 e. The molecule has 150 valence electrons. The summed E-state index contributed by atoms with van der Waals surface area (Å²) in [7, 11) is -2.14. The average molecular weight is 423 g/mol. The molecule has 0 spiro atoms. The second-order valence-corrected chi connectivity index (χ2v) is 9.20. The van der Waals surface area contributed by atoms with Crippen LogP contribution in [0.15, 0.2) is 47.4 Å². The van der Waals surface area contributed by atoms with E-state index in [1.165, 1.54) is 23.5 Å². The van der Waals surface area contributed by atoms with E-state index in [0.717, 1.165) is 5.56 Å². The first-order chi connectivity index (χ1) is 13.3. The van der Waals surface area contributed by atoms with Crippen LogP contribution in [0.4, 0.5) is 5.69 Å². The third-order valence-corrected chi connectivity index (χ3v) is 7.02. The number of carbonyl (C=O) groups excluding carboxylic acids is 1. The summed E-state index contributed by atoms with van der Waals surface area (Å²) in [6.07, 6.45) is 1.27. The van der Waals surface area contributed by atoms with Crippen LogP contribution in [0, 0.1) is 12.8 Å². The van der Waals surface area contributed by atoms with E-state index in [0.29, 0.717) is 35.8 Å². The highest BCUT2D eigenvalue weighted by atomic mass is 35.5. The molecule has 0 saturated carbocycles. The maximum atomic E-state index is 12.9. The highest BCUT2D eigenvalue weighted by Gasteiger charge is 2.33. The van der Waals surface area contributed by atoms with Crippen LogP contribution in [0.1, 0.15) is 18.4 Å². The number of anilines is 1. The minimum Gasteiger partial charge on any atom is -0.497 e. The van der Waals surface area contributed by atoms with Crippen molar-refractivity contribution in [2.45, 2.75) is 24.7 Å². The van der Waals surface area contributed by atoms with Crippen LogP contribution in [0.25, 0.3) is 0 Å². The number of piperidine rings is 1. The van der Waals surface area contributed by atoms with Crippen LogP contribution < -0.4 is 10.1 Å². The van der Waals surface area contributed by atoms with Crippen LogP contribution in [0.3, 0.4) is 0 Å². The van der Waals surface area contributed by atoms with Gasteiger partial charge in [0.05, 0.1) is 17.9 Å². The number of nitrogens with zero attached hydrogens (tertiary/aromatic N) is 1. The monoisotopic (exact) mass is 422 g/mol. The van der Waals surface area contributed by atoms with Gasteiger partial charge in [-0.15, -0.1) is 0 Å². The molecule has 1 atom stereocenters. The molecule has 2 aromatic carbocycles. The summed E-state index contributed by atoms with van der Waals surface area (Å²) >= 11 is 6.01. The van der Waals surface area contributed by atoms with Crippen LogP contribution in [0.5, 0.6) is 5.75 Å². The first-order valence-corrected chi connectivity index (χ1v) is 10.8. The molecule has 6 nitrogen and oxygen atoms in total. The molecule has 1 heterocycles. The lowest BCUT2D eigenvalue weighted by Crippen LogP contribution is -2.43. The molecular weight excluding hydrogens is 400 g/mol. The summed E-state index contributed by atoms with van der Waals surface area (Å²) in [6, 6.07) is 11.6. The Labute approximate surface area is 170 Å². The standard InChI is InChI=1S/C20H23ClN2O4S/c1-14-5-6-16(21)12-19(14)22-20(24)15-4-3-11-23(13-15)28(25,26)18-9-7-17(27-2)8-10-18/h5-10,12,15H,3-4,11,13H2,1-2H3,(H,22,24)/t15-/m1/s1. The molecule has 0 bridgehead atoms. The van der Waals surface area contributed by atoms with Gasteiger partial charge in [0, 0.05) is 23.8 Å². The van der Waals surface area contributed by atoms with Gasteiger partial charge in [-0.2, -0.15) is 4.31 Å². The molecule has 8 heteroatoms. The van der Waals surface area contributed by atoms with E-state index in [4.69, 9.17) is 16.3 Å². The maximum absolute atomic E-state index is 12.9. The van der Waals surface area contributed by atoms with Crippen molar-refractivity contribution in [2.75, 3.05) is 25.5 Å². The maximum Gasteiger partial charge on any atom is 0.243 e. The number of halogens is 1. The predicted octanol–water partition coefficient (Wildman–Crippen LogP) is 3.70. The van der Waals surface area contributed by atoms with Crippen molar-refractivity contribution in [3.63, 3.8) is 0 Å². The average Bonchev–Trinajstić information content (AvgIpc) is 2.71. The number of amides is 1. The fourth-order valence-electron chi connectivity index (χ4n) is 3.24. The topological polar surface area (TPSA) is 75.7 Å². The molecule has 1 amide bonds. The third-order valence-electron chi connectivity index (χ3n) is 4.91. The lowest BCUT2D eigenvalue weighted by molar-refractivity contribution is -0.120. The Morgan fingerprint density at radius 2 is 1.93 bits per heavy atom. The van der Waals surface area contributed by atoms with Crippen molar-refractivity contribution in [3.8, 4) is 5.75 Å². The van der Waals surface area contributed by atoms with E-state index in [1.807, 2.05) is 13.0 Å². The summed E-state index contributed by atoms with van der Waals surface area (Å²) in [5, 5.41) is 3.42.